The first-order valence-corrected chi connectivity index (χ1v) is 5.31. The monoisotopic (exact) mass is 244 g/mol. The van der Waals surface area contributed by atoms with Gasteiger partial charge in [-0.25, -0.2) is 8.78 Å². The average Bonchev–Trinajstić information content (AvgIpc) is 2.38. The Morgan fingerprint density at radius 3 is 2.33 bits per heavy atom. The molecule has 0 aromatic heterocycles. The molecule has 0 atom stereocenters. The molecule has 2 aromatic rings. The van der Waals surface area contributed by atoms with Gasteiger partial charge in [0.05, 0.1) is 5.69 Å². The maximum absolute atomic E-state index is 13.5. The Kier molecular flexibility index (Phi) is 3.24. The molecule has 0 aliphatic heterocycles. The number of anilines is 2. The zero-order chi connectivity index (χ0) is 13.1. The van der Waals surface area contributed by atoms with Gasteiger partial charge in [0.15, 0.2) is 0 Å². The highest BCUT2D eigenvalue weighted by Crippen LogP contribution is 2.28. The Labute approximate surface area is 104 Å². The molecule has 0 heterocycles. The predicted molar refractivity (Wildman–Crippen MR) is 65.6 cm³/mol. The molecule has 90 valence electrons. The van der Waals surface area contributed by atoms with Crippen molar-refractivity contribution >= 4 is 11.4 Å². The van der Waals surface area contributed by atoms with Crippen molar-refractivity contribution in [2.75, 3.05) is 11.9 Å². The topological polar surface area (TPSA) is 27.0 Å². The number of nitrogens with zero attached hydrogens (tertiary/aromatic N) is 2. The molecular weight excluding hydrogens is 234 g/mol. The number of halogens is 2. The minimum Gasteiger partial charge on any atom is -0.343 e. The summed E-state index contributed by atoms with van der Waals surface area (Å²) in [6.07, 6.45) is 0. The van der Waals surface area contributed by atoms with E-state index < -0.39 is 5.82 Å². The SMILES string of the molecule is CN(c1ccc(F)cc1)c1cccc(F)c1C#N. The minimum atomic E-state index is -0.566. The number of hydrogen-bond donors (Lipinski definition) is 0. The van der Waals surface area contributed by atoms with E-state index in [9.17, 15) is 8.78 Å². The largest absolute Gasteiger partial charge is 0.343 e. The molecule has 0 bridgehead atoms. The first-order valence-electron chi connectivity index (χ1n) is 5.31. The van der Waals surface area contributed by atoms with Crippen LogP contribution in [0, 0.1) is 23.0 Å². The summed E-state index contributed by atoms with van der Waals surface area (Å²) in [5, 5.41) is 8.96. The Morgan fingerprint density at radius 1 is 1.06 bits per heavy atom. The molecule has 0 aliphatic carbocycles. The molecule has 0 spiro atoms. The quantitative estimate of drug-likeness (QED) is 0.807. The molecule has 0 saturated carbocycles. The van der Waals surface area contributed by atoms with Gasteiger partial charge in [-0.1, -0.05) is 6.07 Å². The molecule has 0 radical (unpaired) electrons. The molecule has 2 nitrogen and oxygen atoms in total. The number of benzene rings is 2. The van der Waals surface area contributed by atoms with Crippen LogP contribution in [0.15, 0.2) is 42.5 Å². The van der Waals surface area contributed by atoms with Crippen LogP contribution in [-0.2, 0) is 0 Å². The van der Waals surface area contributed by atoms with Gasteiger partial charge in [-0.05, 0) is 36.4 Å². The maximum Gasteiger partial charge on any atom is 0.143 e. The van der Waals surface area contributed by atoms with Gasteiger partial charge in [0, 0.05) is 12.7 Å². The fraction of sp³-hybridized carbons (Fsp3) is 0.0714. The van der Waals surface area contributed by atoms with Gasteiger partial charge in [0.1, 0.15) is 23.3 Å². The average molecular weight is 244 g/mol. The smallest absolute Gasteiger partial charge is 0.143 e. The highest BCUT2D eigenvalue weighted by Gasteiger charge is 2.12. The lowest BCUT2D eigenvalue weighted by molar-refractivity contribution is 0.623. The Morgan fingerprint density at radius 2 is 1.72 bits per heavy atom. The molecular formula is C14H10F2N2. The molecule has 0 saturated heterocycles. The predicted octanol–water partition coefficient (Wildman–Crippen LogP) is 3.60. The minimum absolute atomic E-state index is 0.0238. The Balaban J connectivity index is 2.46. The van der Waals surface area contributed by atoms with Crippen LogP contribution in [-0.4, -0.2) is 7.05 Å². The van der Waals surface area contributed by atoms with Crippen LogP contribution in [0.5, 0.6) is 0 Å². The van der Waals surface area contributed by atoms with Crippen LogP contribution in [0.3, 0.4) is 0 Å². The zero-order valence-corrected chi connectivity index (χ0v) is 9.69. The summed E-state index contributed by atoms with van der Waals surface area (Å²) >= 11 is 0. The third-order valence-corrected chi connectivity index (χ3v) is 2.68. The van der Waals surface area contributed by atoms with Crippen molar-refractivity contribution in [1.82, 2.24) is 0 Å². The first kappa shape index (κ1) is 12.1. The normalized spacial score (nSPS) is 9.89. The lowest BCUT2D eigenvalue weighted by atomic mass is 10.1. The highest BCUT2D eigenvalue weighted by atomic mass is 19.1. The lowest BCUT2D eigenvalue weighted by Gasteiger charge is -2.20. The van der Waals surface area contributed by atoms with Crippen LogP contribution in [0.4, 0.5) is 20.2 Å². The number of nitriles is 1. The summed E-state index contributed by atoms with van der Waals surface area (Å²) < 4.78 is 26.3. The fourth-order valence-corrected chi connectivity index (χ4v) is 1.71. The molecule has 0 amide bonds. The Hall–Kier alpha value is -2.41. The lowest BCUT2D eigenvalue weighted by Crippen LogP contribution is -2.11. The fourth-order valence-electron chi connectivity index (χ4n) is 1.71. The van der Waals surface area contributed by atoms with Crippen LogP contribution < -0.4 is 4.90 Å². The molecule has 18 heavy (non-hydrogen) atoms. The summed E-state index contributed by atoms with van der Waals surface area (Å²) in [4.78, 5) is 1.64. The summed E-state index contributed by atoms with van der Waals surface area (Å²) in [7, 11) is 1.70. The summed E-state index contributed by atoms with van der Waals surface area (Å²) in [6, 6.07) is 12.0. The van der Waals surface area contributed by atoms with E-state index in [-0.39, 0.29) is 11.4 Å². The van der Waals surface area contributed by atoms with Crippen LogP contribution in [0.25, 0.3) is 0 Å². The standard InChI is InChI=1S/C14H10F2N2/c1-18(11-7-5-10(15)6-8-11)14-4-2-3-13(16)12(14)9-17/h2-8H,1H3. The number of hydrogen-bond acceptors (Lipinski definition) is 2. The van der Waals surface area contributed by atoms with Crippen molar-refractivity contribution in [3.63, 3.8) is 0 Å². The molecule has 0 N–H and O–H groups in total. The van der Waals surface area contributed by atoms with Gasteiger partial charge < -0.3 is 4.90 Å². The van der Waals surface area contributed by atoms with Crippen LogP contribution in [0.1, 0.15) is 5.56 Å². The van der Waals surface area contributed by atoms with Gasteiger partial charge in [-0.3, -0.25) is 0 Å². The third kappa shape index (κ3) is 2.16. The molecule has 0 aliphatic rings. The van der Waals surface area contributed by atoms with E-state index >= 15 is 0 Å². The van der Waals surface area contributed by atoms with Gasteiger partial charge in [-0.15, -0.1) is 0 Å². The maximum atomic E-state index is 13.5. The summed E-state index contributed by atoms with van der Waals surface area (Å²) in [5.41, 5.74) is 1.10. The van der Waals surface area contributed by atoms with Crippen LogP contribution >= 0.6 is 0 Å². The summed E-state index contributed by atoms with van der Waals surface area (Å²) in [5.74, 6) is -0.907. The van der Waals surface area contributed by atoms with E-state index in [1.165, 1.54) is 24.3 Å². The van der Waals surface area contributed by atoms with Crippen molar-refractivity contribution < 1.29 is 8.78 Å². The second-order valence-electron chi connectivity index (χ2n) is 3.78. The van der Waals surface area contributed by atoms with Crippen molar-refractivity contribution in [3.8, 4) is 6.07 Å². The van der Waals surface area contributed by atoms with Crippen LogP contribution in [0.2, 0.25) is 0 Å². The van der Waals surface area contributed by atoms with E-state index in [4.69, 9.17) is 5.26 Å². The van der Waals surface area contributed by atoms with Crippen molar-refractivity contribution in [2.24, 2.45) is 0 Å². The second-order valence-corrected chi connectivity index (χ2v) is 3.78. The molecule has 2 rings (SSSR count). The zero-order valence-electron chi connectivity index (χ0n) is 9.69. The molecule has 4 heteroatoms. The molecule has 0 fully saturated rings. The van der Waals surface area contributed by atoms with E-state index in [2.05, 4.69) is 0 Å². The highest BCUT2D eigenvalue weighted by molar-refractivity contribution is 5.68. The van der Waals surface area contributed by atoms with E-state index in [1.807, 2.05) is 6.07 Å². The van der Waals surface area contributed by atoms with Gasteiger partial charge in [0.2, 0.25) is 0 Å². The van der Waals surface area contributed by atoms with Gasteiger partial charge >= 0.3 is 0 Å². The van der Waals surface area contributed by atoms with Gasteiger partial charge in [0.25, 0.3) is 0 Å². The van der Waals surface area contributed by atoms with Crippen molar-refractivity contribution in [2.45, 2.75) is 0 Å². The summed E-state index contributed by atoms with van der Waals surface area (Å²) in [6.45, 7) is 0. The van der Waals surface area contributed by atoms with Gasteiger partial charge in [-0.2, -0.15) is 5.26 Å². The van der Waals surface area contributed by atoms with E-state index in [0.717, 1.165) is 0 Å². The third-order valence-electron chi connectivity index (χ3n) is 2.68. The Bertz CT molecular complexity index is 600. The number of rotatable bonds is 2. The first-order chi connectivity index (χ1) is 8.63. The molecule has 2 aromatic carbocycles. The van der Waals surface area contributed by atoms with Crippen molar-refractivity contribution in [1.29, 1.82) is 5.26 Å². The van der Waals surface area contributed by atoms with E-state index in [1.54, 1.807) is 30.1 Å². The molecule has 0 unspecified atom stereocenters. The van der Waals surface area contributed by atoms with Crippen molar-refractivity contribution in [3.05, 3.63) is 59.7 Å². The van der Waals surface area contributed by atoms with E-state index in [0.29, 0.717) is 11.4 Å². The second kappa shape index (κ2) is 4.84.